The average Bonchev–Trinajstić information content (AvgIpc) is 3.22. The van der Waals surface area contributed by atoms with Gasteiger partial charge in [-0.15, -0.1) is 0 Å². The van der Waals surface area contributed by atoms with Crippen LogP contribution in [-0.2, 0) is 13.5 Å². The number of ether oxygens (including phenoxy) is 1. The van der Waals surface area contributed by atoms with Gasteiger partial charge in [0.25, 0.3) is 0 Å². The standard InChI is InChI=1S/C27H23N5O2/c1-17-6-4-7-20(12-17)23(33)13-19-10-9-18(2)24(14-19)34-27-22-16-32(3)31-26(22)29-25(30-27)21-8-5-11-28-15-21/h4-12,14-16H,13H2,1-3H3. The van der Waals surface area contributed by atoms with Gasteiger partial charge in [0.2, 0.25) is 5.88 Å². The van der Waals surface area contributed by atoms with Gasteiger partial charge in [0.05, 0.1) is 0 Å². The number of carbonyl (C=O) groups excluding carboxylic acids is 1. The molecule has 2 aromatic carbocycles. The summed E-state index contributed by atoms with van der Waals surface area (Å²) in [5, 5.41) is 5.15. The van der Waals surface area contributed by atoms with Crippen LogP contribution in [0.5, 0.6) is 11.6 Å². The summed E-state index contributed by atoms with van der Waals surface area (Å²) >= 11 is 0. The zero-order chi connectivity index (χ0) is 23.7. The van der Waals surface area contributed by atoms with Crippen molar-refractivity contribution in [3.05, 3.63) is 95.4 Å². The Bertz CT molecular complexity index is 1510. The molecule has 0 N–H and O–H groups in total. The Balaban J connectivity index is 1.49. The number of fused-ring (bicyclic) bond motifs is 1. The third-order valence-corrected chi connectivity index (χ3v) is 5.54. The summed E-state index contributed by atoms with van der Waals surface area (Å²) in [4.78, 5) is 26.2. The molecule has 0 atom stereocenters. The first kappa shape index (κ1) is 21.5. The number of carbonyl (C=O) groups is 1. The molecule has 0 saturated heterocycles. The van der Waals surface area contributed by atoms with Crippen molar-refractivity contribution in [3.8, 4) is 23.0 Å². The van der Waals surface area contributed by atoms with Gasteiger partial charge < -0.3 is 4.74 Å². The second-order valence-corrected chi connectivity index (χ2v) is 8.31. The normalized spacial score (nSPS) is 11.0. The van der Waals surface area contributed by atoms with Crippen LogP contribution in [0.3, 0.4) is 0 Å². The summed E-state index contributed by atoms with van der Waals surface area (Å²) < 4.78 is 7.99. The highest BCUT2D eigenvalue weighted by Crippen LogP contribution is 2.32. The second-order valence-electron chi connectivity index (χ2n) is 8.31. The number of Topliss-reactive ketones (excluding diaryl/α,β-unsaturated/α-hetero) is 1. The monoisotopic (exact) mass is 449 g/mol. The molecule has 0 radical (unpaired) electrons. The van der Waals surface area contributed by atoms with Gasteiger partial charge in [0.15, 0.2) is 17.3 Å². The number of pyridine rings is 1. The van der Waals surface area contributed by atoms with Crippen molar-refractivity contribution in [3.63, 3.8) is 0 Å². The smallest absolute Gasteiger partial charge is 0.234 e. The van der Waals surface area contributed by atoms with Crippen LogP contribution < -0.4 is 4.74 Å². The fraction of sp³-hybridized carbons (Fsp3) is 0.148. The number of aryl methyl sites for hydroxylation is 3. The van der Waals surface area contributed by atoms with Gasteiger partial charge in [-0.2, -0.15) is 10.1 Å². The van der Waals surface area contributed by atoms with Crippen molar-refractivity contribution in [1.29, 1.82) is 0 Å². The molecule has 0 amide bonds. The zero-order valence-electron chi connectivity index (χ0n) is 19.2. The lowest BCUT2D eigenvalue weighted by atomic mass is 10.0. The molecule has 34 heavy (non-hydrogen) atoms. The molecule has 3 aromatic heterocycles. The van der Waals surface area contributed by atoms with E-state index >= 15 is 0 Å². The predicted molar refractivity (Wildman–Crippen MR) is 130 cm³/mol. The SMILES string of the molecule is Cc1cccc(C(=O)Cc2ccc(C)c(Oc3nc(-c4cccnc4)nc4nn(C)cc34)c2)c1. The summed E-state index contributed by atoms with van der Waals surface area (Å²) in [7, 11) is 1.83. The van der Waals surface area contributed by atoms with E-state index in [4.69, 9.17) is 4.74 Å². The fourth-order valence-electron chi connectivity index (χ4n) is 3.77. The molecule has 0 bridgehead atoms. The lowest BCUT2D eigenvalue weighted by Gasteiger charge is -2.12. The largest absolute Gasteiger partial charge is 0.438 e. The lowest BCUT2D eigenvalue weighted by Crippen LogP contribution is -2.04. The first-order valence-electron chi connectivity index (χ1n) is 11.0. The quantitative estimate of drug-likeness (QED) is 0.329. The Labute approximate surface area is 197 Å². The molecule has 0 spiro atoms. The first-order valence-corrected chi connectivity index (χ1v) is 11.0. The zero-order valence-corrected chi connectivity index (χ0v) is 19.2. The van der Waals surface area contributed by atoms with Gasteiger partial charge in [-0.25, -0.2) is 4.98 Å². The Morgan fingerprint density at radius 2 is 1.91 bits per heavy atom. The van der Waals surface area contributed by atoms with Crippen molar-refractivity contribution in [2.45, 2.75) is 20.3 Å². The van der Waals surface area contributed by atoms with Crippen molar-refractivity contribution in [2.24, 2.45) is 7.05 Å². The second kappa shape index (κ2) is 8.86. The van der Waals surface area contributed by atoms with Crippen molar-refractivity contribution in [2.75, 3.05) is 0 Å². The topological polar surface area (TPSA) is 82.8 Å². The minimum Gasteiger partial charge on any atom is -0.438 e. The van der Waals surface area contributed by atoms with Crippen LogP contribution in [0.15, 0.2) is 73.2 Å². The molecule has 0 aliphatic carbocycles. The van der Waals surface area contributed by atoms with Crippen LogP contribution in [0.4, 0.5) is 0 Å². The highest BCUT2D eigenvalue weighted by Gasteiger charge is 2.16. The maximum atomic E-state index is 12.8. The van der Waals surface area contributed by atoms with Gasteiger partial charge >= 0.3 is 0 Å². The summed E-state index contributed by atoms with van der Waals surface area (Å²) in [6.07, 6.45) is 5.52. The van der Waals surface area contributed by atoms with E-state index in [-0.39, 0.29) is 12.2 Å². The molecule has 0 unspecified atom stereocenters. The number of benzene rings is 2. The molecule has 5 aromatic rings. The Kier molecular flexibility index (Phi) is 5.59. The first-order chi connectivity index (χ1) is 16.5. The number of ketones is 1. The van der Waals surface area contributed by atoms with E-state index in [0.29, 0.717) is 34.1 Å². The van der Waals surface area contributed by atoms with E-state index in [1.807, 2.05) is 81.7 Å². The third kappa shape index (κ3) is 4.41. The number of rotatable bonds is 6. The molecule has 0 fully saturated rings. The molecular formula is C27H23N5O2. The van der Waals surface area contributed by atoms with Crippen LogP contribution in [0.1, 0.15) is 27.0 Å². The molecule has 0 aliphatic heterocycles. The van der Waals surface area contributed by atoms with Gasteiger partial charge in [-0.05, 0) is 49.2 Å². The maximum Gasteiger partial charge on any atom is 0.234 e. The van der Waals surface area contributed by atoms with Gasteiger partial charge in [0.1, 0.15) is 11.1 Å². The minimum absolute atomic E-state index is 0.0639. The van der Waals surface area contributed by atoms with E-state index in [9.17, 15) is 4.79 Å². The molecule has 0 aliphatic rings. The van der Waals surface area contributed by atoms with E-state index in [1.165, 1.54) is 0 Å². The summed E-state index contributed by atoms with van der Waals surface area (Å²) in [6.45, 7) is 3.94. The number of nitrogens with zero attached hydrogens (tertiary/aromatic N) is 5. The Morgan fingerprint density at radius 3 is 2.71 bits per heavy atom. The van der Waals surface area contributed by atoms with E-state index in [1.54, 1.807) is 17.1 Å². The molecule has 0 saturated carbocycles. The highest BCUT2D eigenvalue weighted by molar-refractivity contribution is 5.97. The van der Waals surface area contributed by atoms with E-state index < -0.39 is 0 Å². The van der Waals surface area contributed by atoms with Crippen LogP contribution in [-0.4, -0.2) is 30.5 Å². The van der Waals surface area contributed by atoms with Crippen molar-refractivity contribution < 1.29 is 9.53 Å². The van der Waals surface area contributed by atoms with Crippen LogP contribution >= 0.6 is 0 Å². The molecule has 168 valence electrons. The summed E-state index contributed by atoms with van der Waals surface area (Å²) in [5.41, 5.74) is 4.88. The molecule has 7 heteroatoms. The lowest BCUT2D eigenvalue weighted by molar-refractivity contribution is 0.0993. The third-order valence-electron chi connectivity index (χ3n) is 5.54. The predicted octanol–water partition coefficient (Wildman–Crippen LogP) is 5.26. The van der Waals surface area contributed by atoms with Crippen LogP contribution in [0.25, 0.3) is 22.4 Å². The summed E-state index contributed by atoms with van der Waals surface area (Å²) in [6, 6.07) is 17.2. The van der Waals surface area contributed by atoms with E-state index in [2.05, 4.69) is 20.1 Å². The minimum atomic E-state index is 0.0639. The highest BCUT2D eigenvalue weighted by atomic mass is 16.5. The molecular weight excluding hydrogens is 426 g/mol. The Morgan fingerprint density at radius 1 is 1.03 bits per heavy atom. The van der Waals surface area contributed by atoms with Crippen molar-refractivity contribution >= 4 is 16.8 Å². The van der Waals surface area contributed by atoms with Gasteiger partial charge in [0, 0.05) is 43.2 Å². The maximum absolute atomic E-state index is 12.8. The molecule has 7 nitrogen and oxygen atoms in total. The van der Waals surface area contributed by atoms with E-state index in [0.717, 1.165) is 22.3 Å². The summed E-state index contributed by atoms with van der Waals surface area (Å²) in [5.74, 6) is 1.59. The fourth-order valence-corrected chi connectivity index (χ4v) is 3.77. The van der Waals surface area contributed by atoms with Gasteiger partial charge in [-0.1, -0.05) is 35.9 Å². The number of hydrogen-bond donors (Lipinski definition) is 0. The molecule has 3 heterocycles. The number of aromatic nitrogens is 5. The van der Waals surface area contributed by atoms with Crippen LogP contribution in [0.2, 0.25) is 0 Å². The molecule has 5 rings (SSSR count). The average molecular weight is 450 g/mol. The van der Waals surface area contributed by atoms with Crippen LogP contribution in [0, 0.1) is 13.8 Å². The Hall–Kier alpha value is -4.39. The number of hydrogen-bond acceptors (Lipinski definition) is 6. The van der Waals surface area contributed by atoms with Gasteiger partial charge in [-0.3, -0.25) is 14.5 Å². The van der Waals surface area contributed by atoms with Crippen molar-refractivity contribution in [1.82, 2.24) is 24.7 Å².